The third kappa shape index (κ3) is 1.39. The summed E-state index contributed by atoms with van der Waals surface area (Å²) in [7, 11) is 0. The minimum absolute atomic E-state index is 0.232. The minimum Gasteiger partial charge on any atom is -0.271 e. The first-order valence-electron chi connectivity index (χ1n) is 3.23. The Labute approximate surface area is 54.5 Å². The molecule has 0 radical (unpaired) electrons. The van der Waals surface area contributed by atoms with Crippen molar-refractivity contribution in [1.29, 1.82) is 0 Å². The van der Waals surface area contributed by atoms with Crippen molar-refractivity contribution in [3.63, 3.8) is 0 Å². The van der Waals surface area contributed by atoms with Crippen LogP contribution in [0.3, 0.4) is 0 Å². The molecule has 0 saturated carbocycles. The first-order valence-corrected chi connectivity index (χ1v) is 5.42. The van der Waals surface area contributed by atoms with Gasteiger partial charge in [-0.15, -0.1) is 0 Å². The SMILES string of the molecule is C[SH](C)N1CCCC1. The molecular formula is C6H15NS. The highest BCUT2D eigenvalue weighted by molar-refractivity contribution is 8.13. The van der Waals surface area contributed by atoms with Gasteiger partial charge in [0.15, 0.2) is 0 Å². The zero-order valence-corrected chi connectivity index (χ0v) is 6.62. The first-order chi connectivity index (χ1) is 3.80. The fourth-order valence-electron chi connectivity index (χ4n) is 1.10. The molecule has 1 aliphatic rings. The largest absolute Gasteiger partial charge is 0.271 e. The molecule has 1 aliphatic heterocycles. The fourth-order valence-corrected chi connectivity index (χ4v) is 2.18. The number of nitrogens with zero attached hydrogens (tertiary/aromatic N) is 1. The van der Waals surface area contributed by atoms with Crippen molar-refractivity contribution >= 4 is 11.1 Å². The second-order valence-corrected chi connectivity index (χ2v) is 4.77. The lowest BCUT2D eigenvalue weighted by Gasteiger charge is -2.22. The maximum absolute atomic E-state index is 2.59. The third-order valence-electron chi connectivity index (χ3n) is 1.65. The summed E-state index contributed by atoms with van der Waals surface area (Å²) in [4.78, 5) is 0. The molecule has 8 heavy (non-hydrogen) atoms. The van der Waals surface area contributed by atoms with Gasteiger partial charge in [-0.2, -0.15) is 0 Å². The maximum atomic E-state index is 2.59. The Morgan fingerprint density at radius 2 is 1.62 bits per heavy atom. The van der Waals surface area contributed by atoms with Gasteiger partial charge in [-0.3, -0.25) is 4.31 Å². The molecular weight excluding hydrogens is 118 g/mol. The Morgan fingerprint density at radius 3 is 1.88 bits per heavy atom. The summed E-state index contributed by atoms with van der Waals surface area (Å²) in [5, 5.41) is 0. The molecule has 50 valence electrons. The molecule has 0 bridgehead atoms. The number of rotatable bonds is 1. The fraction of sp³-hybridized carbons (Fsp3) is 1.00. The molecule has 0 N–H and O–H groups in total. The van der Waals surface area contributed by atoms with Crippen molar-refractivity contribution in [2.75, 3.05) is 25.6 Å². The van der Waals surface area contributed by atoms with E-state index in [0.29, 0.717) is 0 Å². The molecule has 0 spiro atoms. The average molecular weight is 133 g/mol. The van der Waals surface area contributed by atoms with Crippen LogP contribution in [0.4, 0.5) is 0 Å². The van der Waals surface area contributed by atoms with Gasteiger partial charge in [-0.1, -0.05) is 0 Å². The highest BCUT2D eigenvalue weighted by atomic mass is 32.2. The van der Waals surface area contributed by atoms with E-state index in [9.17, 15) is 0 Å². The minimum atomic E-state index is 0.232. The van der Waals surface area contributed by atoms with Crippen molar-refractivity contribution in [3.05, 3.63) is 0 Å². The van der Waals surface area contributed by atoms with Crippen molar-refractivity contribution in [3.8, 4) is 0 Å². The maximum Gasteiger partial charge on any atom is 0.00719 e. The molecule has 0 aromatic carbocycles. The molecule has 0 aliphatic carbocycles. The number of hydrogen-bond acceptors (Lipinski definition) is 1. The number of hydrogen-bond donors (Lipinski definition) is 1. The molecule has 0 aromatic heterocycles. The average Bonchev–Trinajstić information content (AvgIpc) is 2.12. The van der Waals surface area contributed by atoms with E-state index in [0.717, 1.165) is 0 Å². The summed E-state index contributed by atoms with van der Waals surface area (Å²) in [6.45, 7) is 2.72. The van der Waals surface area contributed by atoms with E-state index in [1.807, 2.05) is 0 Å². The number of thiol groups is 1. The molecule has 1 heterocycles. The molecule has 2 heteroatoms. The van der Waals surface area contributed by atoms with Gasteiger partial charge in [0, 0.05) is 13.1 Å². The van der Waals surface area contributed by atoms with Crippen LogP contribution in [0.25, 0.3) is 0 Å². The lowest BCUT2D eigenvalue weighted by molar-refractivity contribution is 0.582. The Kier molecular flexibility index (Phi) is 2.20. The van der Waals surface area contributed by atoms with Crippen LogP contribution in [0, 0.1) is 0 Å². The van der Waals surface area contributed by atoms with Gasteiger partial charge in [-0.05, 0) is 25.4 Å². The van der Waals surface area contributed by atoms with Crippen molar-refractivity contribution in [2.45, 2.75) is 12.8 Å². The second kappa shape index (κ2) is 2.74. The van der Waals surface area contributed by atoms with E-state index in [1.54, 1.807) is 0 Å². The van der Waals surface area contributed by atoms with E-state index in [4.69, 9.17) is 0 Å². The third-order valence-corrected chi connectivity index (χ3v) is 3.18. The normalized spacial score (nSPS) is 24.0. The monoisotopic (exact) mass is 133 g/mol. The van der Waals surface area contributed by atoms with Crippen LogP contribution in [0.1, 0.15) is 12.8 Å². The summed E-state index contributed by atoms with van der Waals surface area (Å²) >= 11 is 0.232. The zero-order valence-electron chi connectivity index (χ0n) is 5.72. The van der Waals surface area contributed by atoms with E-state index in [1.165, 1.54) is 25.9 Å². The molecule has 0 amide bonds. The molecule has 0 atom stereocenters. The van der Waals surface area contributed by atoms with Crippen LogP contribution in [0.5, 0.6) is 0 Å². The van der Waals surface area contributed by atoms with E-state index in [2.05, 4.69) is 16.8 Å². The highest BCUT2D eigenvalue weighted by Gasteiger charge is 2.11. The Balaban J connectivity index is 2.24. The quantitative estimate of drug-likeness (QED) is 0.527. The van der Waals surface area contributed by atoms with Gasteiger partial charge in [-0.25, -0.2) is 11.1 Å². The molecule has 1 nitrogen and oxygen atoms in total. The predicted octanol–water partition coefficient (Wildman–Crippen LogP) is 1.26. The van der Waals surface area contributed by atoms with Crippen LogP contribution >= 0.6 is 11.1 Å². The van der Waals surface area contributed by atoms with Crippen LogP contribution in [0.15, 0.2) is 0 Å². The van der Waals surface area contributed by atoms with Gasteiger partial charge in [0.05, 0.1) is 0 Å². The summed E-state index contributed by atoms with van der Waals surface area (Å²) < 4.78 is 2.59. The van der Waals surface area contributed by atoms with Gasteiger partial charge >= 0.3 is 0 Å². The van der Waals surface area contributed by atoms with E-state index in [-0.39, 0.29) is 11.1 Å². The van der Waals surface area contributed by atoms with E-state index >= 15 is 0 Å². The standard InChI is InChI=1S/C6H15NS/c1-8(2)7-5-3-4-6-7/h8H,3-6H2,1-2H3. The van der Waals surface area contributed by atoms with Crippen LogP contribution in [-0.4, -0.2) is 29.9 Å². The summed E-state index contributed by atoms with van der Waals surface area (Å²) in [5.74, 6) is 0. The van der Waals surface area contributed by atoms with Crippen molar-refractivity contribution < 1.29 is 0 Å². The van der Waals surface area contributed by atoms with Crippen molar-refractivity contribution in [1.82, 2.24) is 4.31 Å². The van der Waals surface area contributed by atoms with Gasteiger partial charge in [0.1, 0.15) is 0 Å². The second-order valence-electron chi connectivity index (χ2n) is 2.51. The molecule has 1 rings (SSSR count). The zero-order chi connectivity index (χ0) is 5.98. The smallest absolute Gasteiger partial charge is 0.00719 e. The molecule has 0 aromatic rings. The van der Waals surface area contributed by atoms with Gasteiger partial charge < -0.3 is 0 Å². The molecule has 1 fully saturated rings. The molecule has 0 unspecified atom stereocenters. The Bertz CT molecular complexity index is 66.9. The topological polar surface area (TPSA) is 3.24 Å². The summed E-state index contributed by atoms with van der Waals surface area (Å²) in [5.41, 5.74) is 0. The van der Waals surface area contributed by atoms with E-state index < -0.39 is 0 Å². The van der Waals surface area contributed by atoms with Gasteiger partial charge in [0.25, 0.3) is 0 Å². The molecule has 1 saturated heterocycles. The first kappa shape index (κ1) is 6.43. The van der Waals surface area contributed by atoms with Crippen LogP contribution < -0.4 is 0 Å². The lowest BCUT2D eigenvalue weighted by atomic mass is 10.4. The van der Waals surface area contributed by atoms with Crippen LogP contribution in [0.2, 0.25) is 0 Å². The summed E-state index contributed by atoms with van der Waals surface area (Å²) in [6, 6.07) is 0. The van der Waals surface area contributed by atoms with Crippen molar-refractivity contribution in [2.24, 2.45) is 0 Å². The predicted molar refractivity (Wildman–Crippen MR) is 41.6 cm³/mol. The summed E-state index contributed by atoms with van der Waals surface area (Å²) in [6.07, 6.45) is 7.53. The Morgan fingerprint density at radius 1 is 1.12 bits per heavy atom. The lowest BCUT2D eigenvalue weighted by Crippen LogP contribution is -2.13. The highest BCUT2D eigenvalue weighted by Crippen LogP contribution is 2.25. The Hall–Kier alpha value is 0.310. The van der Waals surface area contributed by atoms with Gasteiger partial charge in [0.2, 0.25) is 0 Å². The van der Waals surface area contributed by atoms with Crippen LogP contribution in [-0.2, 0) is 0 Å².